The van der Waals surface area contributed by atoms with Crippen LogP contribution in [0.15, 0.2) is 17.5 Å². The number of hydrogen-bond donors (Lipinski definition) is 3. The fraction of sp³-hybridized carbons (Fsp3) is 0.500. The van der Waals surface area contributed by atoms with Gasteiger partial charge < -0.3 is 15.7 Å². The smallest absolute Gasteiger partial charge is 0.308 e. The molecule has 0 aliphatic rings. The summed E-state index contributed by atoms with van der Waals surface area (Å²) in [6.45, 7) is 3.77. The molecule has 0 aliphatic heterocycles. The molecule has 1 heterocycles. The van der Waals surface area contributed by atoms with E-state index < -0.39 is 17.8 Å². The Morgan fingerprint density at radius 2 is 2.00 bits per heavy atom. The molecule has 0 aromatic carbocycles. The number of carbonyl (C=O) groups excluding carboxylic acids is 2. The number of carboxylic acids is 1. The molecule has 0 saturated heterocycles. The average Bonchev–Trinajstić information content (AvgIpc) is 2.94. The molecule has 0 radical (unpaired) electrons. The maximum Gasteiger partial charge on any atom is 0.308 e. The first kappa shape index (κ1) is 17.2. The fourth-order valence-corrected chi connectivity index (χ4v) is 2.44. The Kier molecular flexibility index (Phi) is 6.87. The van der Waals surface area contributed by atoms with Crippen molar-refractivity contribution in [2.75, 3.05) is 13.1 Å². The number of carbonyl (C=O) groups is 3. The van der Waals surface area contributed by atoms with Crippen molar-refractivity contribution in [2.45, 2.75) is 20.3 Å². The summed E-state index contributed by atoms with van der Waals surface area (Å²) in [6.07, 6.45) is 0.497. The zero-order valence-electron chi connectivity index (χ0n) is 12.1. The molecule has 0 aliphatic carbocycles. The second-order valence-corrected chi connectivity index (χ2v) is 6.08. The van der Waals surface area contributed by atoms with Gasteiger partial charge >= 0.3 is 5.97 Å². The van der Waals surface area contributed by atoms with Crippen LogP contribution in [0.4, 0.5) is 0 Å². The summed E-state index contributed by atoms with van der Waals surface area (Å²) in [7, 11) is 0. The lowest BCUT2D eigenvalue weighted by Crippen LogP contribution is -2.40. The molecule has 116 valence electrons. The van der Waals surface area contributed by atoms with E-state index in [4.69, 9.17) is 5.11 Å². The van der Waals surface area contributed by atoms with Crippen molar-refractivity contribution in [3.8, 4) is 0 Å². The predicted octanol–water partition coefficient (Wildman–Crippen LogP) is 1.34. The quantitative estimate of drug-likeness (QED) is 0.675. The van der Waals surface area contributed by atoms with Crippen LogP contribution in [0.2, 0.25) is 0 Å². The summed E-state index contributed by atoms with van der Waals surface area (Å²) >= 11 is 1.29. The van der Waals surface area contributed by atoms with Gasteiger partial charge in [0, 0.05) is 6.54 Å². The zero-order valence-corrected chi connectivity index (χ0v) is 12.9. The highest BCUT2D eigenvalue weighted by Crippen LogP contribution is 2.11. The molecule has 1 unspecified atom stereocenters. The maximum absolute atomic E-state index is 11.6. The molecular formula is C14H20N2O4S. The fourth-order valence-electron chi connectivity index (χ4n) is 1.80. The molecule has 3 N–H and O–H groups in total. The van der Waals surface area contributed by atoms with Crippen LogP contribution in [0.3, 0.4) is 0 Å². The van der Waals surface area contributed by atoms with Crippen LogP contribution < -0.4 is 10.6 Å². The summed E-state index contributed by atoms with van der Waals surface area (Å²) < 4.78 is 0. The molecule has 2 amide bonds. The van der Waals surface area contributed by atoms with E-state index in [1.807, 2.05) is 13.8 Å². The molecule has 1 aromatic heterocycles. The Morgan fingerprint density at radius 3 is 2.52 bits per heavy atom. The van der Waals surface area contributed by atoms with Gasteiger partial charge in [-0.1, -0.05) is 19.9 Å². The van der Waals surface area contributed by atoms with Crippen molar-refractivity contribution in [3.63, 3.8) is 0 Å². The first-order chi connectivity index (χ1) is 9.90. The molecule has 1 atom stereocenters. The Bertz CT molecular complexity index is 485. The molecule has 21 heavy (non-hydrogen) atoms. The number of thiophene rings is 1. The number of rotatable bonds is 8. The molecule has 1 rings (SSSR count). The molecule has 0 spiro atoms. The van der Waals surface area contributed by atoms with E-state index in [0.717, 1.165) is 0 Å². The van der Waals surface area contributed by atoms with Crippen molar-refractivity contribution in [3.05, 3.63) is 22.4 Å². The van der Waals surface area contributed by atoms with E-state index in [2.05, 4.69) is 10.6 Å². The lowest BCUT2D eigenvalue weighted by atomic mass is 9.97. The van der Waals surface area contributed by atoms with Crippen LogP contribution in [0.25, 0.3) is 0 Å². The van der Waals surface area contributed by atoms with Crippen LogP contribution in [0.5, 0.6) is 0 Å². The van der Waals surface area contributed by atoms with E-state index in [9.17, 15) is 14.4 Å². The summed E-state index contributed by atoms with van der Waals surface area (Å²) in [4.78, 5) is 34.8. The number of aliphatic carboxylic acids is 1. The summed E-state index contributed by atoms with van der Waals surface area (Å²) in [5, 5.41) is 15.9. The van der Waals surface area contributed by atoms with Crippen molar-refractivity contribution < 1.29 is 19.5 Å². The molecule has 0 saturated carbocycles. The monoisotopic (exact) mass is 312 g/mol. The van der Waals surface area contributed by atoms with Gasteiger partial charge in [0.25, 0.3) is 5.91 Å². The number of amides is 2. The molecular weight excluding hydrogens is 292 g/mol. The SMILES string of the molecule is CC(C)CC(CNC(=O)CNC(=O)c1cccs1)C(=O)O. The lowest BCUT2D eigenvalue weighted by Gasteiger charge is -2.15. The summed E-state index contributed by atoms with van der Waals surface area (Å²) in [6, 6.07) is 3.42. The second-order valence-electron chi connectivity index (χ2n) is 5.13. The highest BCUT2D eigenvalue weighted by atomic mass is 32.1. The average molecular weight is 312 g/mol. The predicted molar refractivity (Wildman–Crippen MR) is 80.2 cm³/mol. The van der Waals surface area contributed by atoms with Crippen molar-refractivity contribution in [2.24, 2.45) is 11.8 Å². The van der Waals surface area contributed by atoms with Crippen molar-refractivity contribution in [1.82, 2.24) is 10.6 Å². The van der Waals surface area contributed by atoms with Crippen LogP contribution in [0.1, 0.15) is 29.9 Å². The Labute approximate surface area is 127 Å². The van der Waals surface area contributed by atoms with Crippen molar-refractivity contribution in [1.29, 1.82) is 0 Å². The molecule has 0 fully saturated rings. The van der Waals surface area contributed by atoms with E-state index in [1.165, 1.54) is 11.3 Å². The highest BCUT2D eigenvalue weighted by molar-refractivity contribution is 7.12. The van der Waals surface area contributed by atoms with Crippen LogP contribution in [0, 0.1) is 11.8 Å². The van der Waals surface area contributed by atoms with Crippen LogP contribution in [-0.4, -0.2) is 36.0 Å². The van der Waals surface area contributed by atoms with Gasteiger partial charge in [-0.2, -0.15) is 0 Å². The standard InChI is InChI=1S/C14H20N2O4S/c1-9(2)6-10(14(19)20)7-15-12(17)8-16-13(18)11-4-3-5-21-11/h3-5,9-10H,6-8H2,1-2H3,(H,15,17)(H,16,18)(H,19,20). The Balaban J connectivity index is 2.33. The van der Waals surface area contributed by atoms with Gasteiger partial charge in [-0.3, -0.25) is 14.4 Å². The van der Waals surface area contributed by atoms with Gasteiger partial charge in [-0.15, -0.1) is 11.3 Å². The Morgan fingerprint density at radius 1 is 1.29 bits per heavy atom. The Hall–Kier alpha value is -1.89. The normalized spacial score (nSPS) is 12.0. The van der Waals surface area contributed by atoms with E-state index in [-0.39, 0.29) is 24.9 Å². The topological polar surface area (TPSA) is 95.5 Å². The number of hydrogen-bond acceptors (Lipinski definition) is 4. The number of nitrogens with one attached hydrogen (secondary N) is 2. The van der Waals surface area contributed by atoms with Crippen molar-refractivity contribution >= 4 is 29.1 Å². The van der Waals surface area contributed by atoms with Gasteiger partial charge in [0.1, 0.15) is 0 Å². The highest BCUT2D eigenvalue weighted by Gasteiger charge is 2.19. The van der Waals surface area contributed by atoms with E-state index in [1.54, 1.807) is 17.5 Å². The van der Waals surface area contributed by atoms with Gasteiger partial charge in [0.15, 0.2) is 0 Å². The van der Waals surface area contributed by atoms with Gasteiger partial charge in [0.05, 0.1) is 17.3 Å². The minimum atomic E-state index is -0.924. The van der Waals surface area contributed by atoms with Gasteiger partial charge in [0.2, 0.25) is 5.91 Å². The van der Waals surface area contributed by atoms with Gasteiger partial charge in [-0.25, -0.2) is 0 Å². The second kappa shape index (κ2) is 8.41. The minimum absolute atomic E-state index is 0.0707. The molecule has 6 nitrogen and oxygen atoms in total. The third-order valence-corrected chi connectivity index (χ3v) is 3.67. The van der Waals surface area contributed by atoms with E-state index >= 15 is 0 Å². The number of carboxylic acid groups (broad SMARTS) is 1. The largest absolute Gasteiger partial charge is 0.481 e. The lowest BCUT2D eigenvalue weighted by molar-refractivity contribution is -0.142. The van der Waals surface area contributed by atoms with Gasteiger partial charge in [-0.05, 0) is 23.8 Å². The van der Waals surface area contributed by atoms with E-state index in [0.29, 0.717) is 11.3 Å². The van der Waals surface area contributed by atoms with Crippen LogP contribution in [-0.2, 0) is 9.59 Å². The first-order valence-electron chi connectivity index (χ1n) is 6.71. The molecule has 7 heteroatoms. The van der Waals surface area contributed by atoms with Crippen LogP contribution >= 0.6 is 11.3 Å². The summed E-state index contributed by atoms with van der Waals surface area (Å²) in [5.41, 5.74) is 0. The third kappa shape index (κ3) is 6.40. The maximum atomic E-state index is 11.6. The summed E-state index contributed by atoms with van der Waals surface area (Å²) in [5.74, 6) is -2.00. The third-order valence-electron chi connectivity index (χ3n) is 2.81. The minimum Gasteiger partial charge on any atom is -0.481 e. The molecule has 0 bridgehead atoms. The first-order valence-corrected chi connectivity index (χ1v) is 7.59. The molecule has 1 aromatic rings. The zero-order chi connectivity index (χ0) is 15.8.